The lowest BCUT2D eigenvalue weighted by atomic mass is 10.1. The van der Waals surface area contributed by atoms with Crippen molar-refractivity contribution in [3.05, 3.63) is 87.9 Å². The van der Waals surface area contributed by atoms with Crippen molar-refractivity contribution in [1.29, 1.82) is 0 Å². The average molecular weight is 453 g/mol. The number of carbonyl (C=O) groups is 1. The Morgan fingerprint density at radius 1 is 1.03 bits per heavy atom. The molecule has 0 atom stereocenters. The highest BCUT2D eigenvalue weighted by atomic mass is 35.5. The molecule has 3 aromatic rings. The van der Waals surface area contributed by atoms with E-state index in [2.05, 4.69) is 10.5 Å². The minimum absolute atomic E-state index is 0.357. The zero-order chi connectivity index (χ0) is 22.9. The first-order valence-corrected chi connectivity index (χ1v) is 10.5. The minimum Gasteiger partial charge on any atom is -0.496 e. The molecule has 3 rings (SSSR count). The molecule has 0 aromatic heterocycles. The van der Waals surface area contributed by atoms with Crippen LogP contribution in [0.1, 0.15) is 34.0 Å². The van der Waals surface area contributed by atoms with Crippen LogP contribution in [0.15, 0.2) is 65.8 Å². The number of hydrazone groups is 1. The predicted octanol–water partition coefficient (Wildman–Crippen LogP) is 5.40. The van der Waals surface area contributed by atoms with Crippen molar-refractivity contribution in [2.75, 3.05) is 13.7 Å². The highest BCUT2D eigenvalue weighted by Gasteiger charge is 2.11. The zero-order valence-corrected chi connectivity index (χ0v) is 19.0. The van der Waals surface area contributed by atoms with Gasteiger partial charge >= 0.3 is 0 Å². The van der Waals surface area contributed by atoms with Gasteiger partial charge in [-0.2, -0.15) is 5.10 Å². The van der Waals surface area contributed by atoms with Crippen LogP contribution in [-0.4, -0.2) is 25.8 Å². The highest BCUT2D eigenvalue weighted by molar-refractivity contribution is 6.30. The van der Waals surface area contributed by atoms with Gasteiger partial charge in [0, 0.05) is 5.02 Å². The molecule has 0 fully saturated rings. The summed E-state index contributed by atoms with van der Waals surface area (Å²) in [6.45, 7) is 4.68. The number of methoxy groups -OCH3 is 1. The van der Waals surface area contributed by atoms with Crippen molar-refractivity contribution in [2.24, 2.45) is 5.10 Å². The molecule has 7 heteroatoms. The summed E-state index contributed by atoms with van der Waals surface area (Å²) in [6, 6.07) is 18.3. The third kappa shape index (κ3) is 6.25. The lowest BCUT2D eigenvalue weighted by Gasteiger charge is -2.13. The molecule has 0 heterocycles. The number of halogens is 1. The van der Waals surface area contributed by atoms with Gasteiger partial charge in [-0.25, -0.2) is 5.43 Å². The van der Waals surface area contributed by atoms with E-state index in [-0.39, 0.29) is 5.91 Å². The van der Waals surface area contributed by atoms with E-state index in [1.807, 2.05) is 56.3 Å². The van der Waals surface area contributed by atoms with Crippen molar-refractivity contribution in [3.8, 4) is 17.2 Å². The highest BCUT2D eigenvalue weighted by Crippen LogP contribution is 2.29. The number of aryl methyl sites for hydroxylation is 1. The molecule has 0 saturated carbocycles. The van der Waals surface area contributed by atoms with Gasteiger partial charge in [0.1, 0.15) is 12.4 Å². The molecule has 0 aliphatic heterocycles. The number of ether oxygens (including phenoxy) is 3. The van der Waals surface area contributed by atoms with Gasteiger partial charge in [0.2, 0.25) is 0 Å². The fourth-order valence-electron chi connectivity index (χ4n) is 2.99. The molecule has 0 radical (unpaired) electrons. The summed E-state index contributed by atoms with van der Waals surface area (Å²) in [5.74, 6) is 1.34. The van der Waals surface area contributed by atoms with Crippen molar-refractivity contribution >= 4 is 23.7 Å². The first-order chi connectivity index (χ1) is 15.5. The zero-order valence-electron chi connectivity index (χ0n) is 18.2. The van der Waals surface area contributed by atoms with Gasteiger partial charge in [-0.1, -0.05) is 29.8 Å². The van der Waals surface area contributed by atoms with Gasteiger partial charge < -0.3 is 14.2 Å². The van der Waals surface area contributed by atoms with Gasteiger partial charge in [-0.3, -0.25) is 4.79 Å². The standard InChI is InChI=1S/C25H25ClN2O4/c1-4-31-24-14-18(9-11-22(24)32-16-19-6-5-7-20(26)13-19)15-27-28-25(29)21-10-8-17(2)12-23(21)30-3/h5-15H,4,16H2,1-3H3,(H,28,29). The largest absolute Gasteiger partial charge is 0.496 e. The molecule has 166 valence electrons. The lowest BCUT2D eigenvalue weighted by Crippen LogP contribution is -2.18. The summed E-state index contributed by atoms with van der Waals surface area (Å²) in [5, 5.41) is 4.72. The maximum Gasteiger partial charge on any atom is 0.275 e. The molecular weight excluding hydrogens is 428 g/mol. The molecular formula is C25H25ClN2O4. The Labute approximate surface area is 192 Å². The van der Waals surface area contributed by atoms with E-state index in [0.717, 1.165) is 16.7 Å². The monoisotopic (exact) mass is 452 g/mol. The van der Waals surface area contributed by atoms with Crippen LogP contribution in [-0.2, 0) is 6.61 Å². The summed E-state index contributed by atoms with van der Waals surface area (Å²) in [7, 11) is 1.53. The first kappa shape index (κ1) is 23.2. The fourth-order valence-corrected chi connectivity index (χ4v) is 3.20. The maximum atomic E-state index is 12.4. The molecule has 6 nitrogen and oxygen atoms in total. The molecule has 0 aliphatic carbocycles. The number of nitrogens with one attached hydrogen (secondary N) is 1. The second-order valence-electron chi connectivity index (χ2n) is 6.96. The van der Waals surface area contributed by atoms with Crippen LogP contribution in [0.5, 0.6) is 17.2 Å². The average Bonchev–Trinajstić information content (AvgIpc) is 2.78. The predicted molar refractivity (Wildman–Crippen MR) is 126 cm³/mol. The van der Waals surface area contributed by atoms with E-state index in [0.29, 0.717) is 41.0 Å². The van der Waals surface area contributed by atoms with Crippen LogP contribution in [0, 0.1) is 6.92 Å². The molecule has 32 heavy (non-hydrogen) atoms. The molecule has 0 aliphatic rings. The van der Waals surface area contributed by atoms with Crippen molar-refractivity contribution < 1.29 is 19.0 Å². The van der Waals surface area contributed by atoms with Crippen LogP contribution in [0.3, 0.4) is 0 Å². The Morgan fingerprint density at radius 2 is 1.88 bits per heavy atom. The number of hydrogen-bond donors (Lipinski definition) is 1. The molecule has 1 amide bonds. The number of amides is 1. The summed E-state index contributed by atoms with van der Waals surface area (Å²) in [5.41, 5.74) is 5.65. The van der Waals surface area contributed by atoms with E-state index in [1.54, 1.807) is 24.4 Å². The van der Waals surface area contributed by atoms with Gasteiger partial charge in [0.05, 0.1) is 25.5 Å². The summed E-state index contributed by atoms with van der Waals surface area (Å²) >= 11 is 6.03. The summed E-state index contributed by atoms with van der Waals surface area (Å²) in [6.07, 6.45) is 1.54. The normalized spacial score (nSPS) is 10.8. The topological polar surface area (TPSA) is 69.2 Å². The number of carbonyl (C=O) groups excluding carboxylic acids is 1. The van der Waals surface area contributed by atoms with E-state index < -0.39 is 0 Å². The Kier molecular flexibility index (Phi) is 8.11. The van der Waals surface area contributed by atoms with Crippen LogP contribution in [0.2, 0.25) is 5.02 Å². The molecule has 3 aromatic carbocycles. The van der Waals surface area contributed by atoms with Gasteiger partial charge in [-0.15, -0.1) is 0 Å². The smallest absolute Gasteiger partial charge is 0.275 e. The second-order valence-corrected chi connectivity index (χ2v) is 7.40. The van der Waals surface area contributed by atoms with Crippen molar-refractivity contribution in [3.63, 3.8) is 0 Å². The van der Waals surface area contributed by atoms with Crippen LogP contribution < -0.4 is 19.6 Å². The third-order valence-corrected chi connectivity index (χ3v) is 4.77. The Morgan fingerprint density at radius 3 is 2.62 bits per heavy atom. The van der Waals surface area contributed by atoms with E-state index in [9.17, 15) is 4.79 Å². The second kappa shape index (κ2) is 11.2. The maximum absolute atomic E-state index is 12.4. The van der Waals surface area contributed by atoms with Crippen LogP contribution in [0.4, 0.5) is 0 Å². The number of benzene rings is 3. The van der Waals surface area contributed by atoms with Crippen molar-refractivity contribution in [2.45, 2.75) is 20.5 Å². The lowest BCUT2D eigenvalue weighted by molar-refractivity contribution is 0.0952. The van der Waals surface area contributed by atoms with Crippen LogP contribution in [0.25, 0.3) is 0 Å². The molecule has 0 bridgehead atoms. The number of rotatable bonds is 9. The minimum atomic E-state index is -0.357. The molecule has 0 spiro atoms. The molecule has 0 unspecified atom stereocenters. The molecule has 0 saturated heterocycles. The third-order valence-electron chi connectivity index (χ3n) is 4.53. The van der Waals surface area contributed by atoms with Crippen molar-refractivity contribution in [1.82, 2.24) is 5.43 Å². The Balaban J connectivity index is 1.68. The summed E-state index contributed by atoms with van der Waals surface area (Å²) < 4.78 is 16.9. The Bertz CT molecular complexity index is 1110. The number of hydrogen-bond acceptors (Lipinski definition) is 5. The van der Waals surface area contributed by atoms with Gasteiger partial charge in [0.25, 0.3) is 5.91 Å². The quantitative estimate of drug-likeness (QED) is 0.348. The Hall–Kier alpha value is -3.51. The van der Waals surface area contributed by atoms with E-state index >= 15 is 0 Å². The number of nitrogens with zero attached hydrogens (tertiary/aromatic N) is 1. The van der Waals surface area contributed by atoms with E-state index in [4.69, 9.17) is 25.8 Å². The molecule has 1 N–H and O–H groups in total. The van der Waals surface area contributed by atoms with E-state index in [1.165, 1.54) is 7.11 Å². The summed E-state index contributed by atoms with van der Waals surface area (Å²) in [4.78, 5) is 12.4. The fraction of sp³-hybridized carbons (Fsp3) is 0.200. The van der Waals surface area contributed by atoms with Crippen LogP contribution >= 0.6 is 11.6 Å². The van der Waals surface area contributed by atoms with Gasteiger partial charge in [-0.05, 0) is 73.0 Å². The SMILES string of the molecule is CCOc1cc(C=NNC(=O)c2ccc(C)cc2OC)ccc1OCc1cccc(Cl)c1. The van der Waals surface area contributed by atoms with Gasteiger partial charge in [0.15, 0.2) is 11.5 Å². The first-order valence-electron chi connectivity index (χ1n) is 10.1.